The van der Waals surface area contributed by atoms with Crippen molar-refractivity contribution in [3.63, 3.8) is 0 Å². The van der Waals surface area contributed by atoms with E-state index in [0.29, 0.717) is 38.7 Å². The monoisotopic (exact) mass is 521 g/mol. The van der Waals surface area contributed by atoms with Crippen LogP contribution in [0.4, 0.5) is 15.9 Å². The number of pyridine rings is 1. The van der Waals surface area contributed by atoms with Crippen LogP contribution in [0.2, 0.25) is 5.02 Å². The predicted molar refractivity (Wildman–Crippen MR) is 126 cm³/mol. The standard InChI is InChI=1S/C22H17ClFN3O5S2/c1-25-17-7-13-8-20(29)27(22(30)15(13)9-16(17)23)19-4-2-12(10-26-19)6-14(28)11-34(31,32)21-5-3-18(24)33-21/h2-5,7,9-10,25H,6,8,11H2,1H3. The minimum atomic E-state index is -3.94. The van der Waals surface area contributed by atoms with E-state index in [1.54, 1.807) is 13.1 Å². The second-order valence-electron chi connectivity index (χ2n) is 7.51. The van der Waals surface area contributed by atoms with Crippen LogP contribution in [0.15, 0.2) is 46.8 Å². The number of anilines is 2. The zero-order valence-corrected chi connectivity index (χ0v) is 20.1. The number of fused-ring (bicyclic) bond motifs is 1. The first kappa shape index (κ1) is 24.0. The molecule has 0 fully saturated rings. The van der Waals surface area contributed by atoms with Gasteiger partial charge in [0.15, 0.2) is 20.8 Å². The Morgan fingerprint density at radius 2 is 2.00 bits per heavy atom. The molecule has 12 heteroatoms. The molecule has 1 aromatic carbocycles. The van der Waals surface area contributed by atoms with Crippen molar-refractivity contribution in [3.05, 3.63) is 69.4 Å². The average molecular weight is 522 g/mol. The quantitative estimate of drug-likeness (QED) is 0.474. The third kappa shape index (κ3) is 4.72. The Labute approximate surface area is 203 Å². The molecule has 0 atom stereocenters. The van der Waals surface area contributed by atoms with Crippen molar-refractivity contribution in [2.45, 2.75) is 17.1 Å². The van der Waals surface area contributed by atoms with Gasteiger partial charge in [0.05, 0.1) is 17.1 Å². The summed E-state index contributed by atoms with van der Waals surface area (Å²) < 4.78 is 37.4. The van der Waals surface area contributed by atoms with E-state index in [4.69, 9.17) is 11.6 Å². The molecule has 176 valence electrons. The van der Waals surface area contributed by atoms with Crippen LogP contribution in [-0.4, -0.2) is 43.8 Å². The number of nitrogens with one attached hydrogen (secondary N) is 1. The van der Waals surface area contributed by atoms with Crippen LogP contribution in [0.25, 0.3) is 0 Å². The third-order valence-electron chi connectivity index (χ3n) is 5.13. The zero-order chi connectivity index (χ0) is 24.6. The molecular formula is C22H17ClFN3O5S2. The minimum Gasteiger partial charge on any atom is -0.387 e. The Balaban J connectivity index is 1.49. The Morgan fingerprint density at radius 1 is 1.24 bits per heavy atom. The van der Waals surface area contributed by atoms with Gasteiger partial charge in [0.1, 0.15) is 15.8 Å². The van der Waals surface area contributed by atoms with Gasteiger partial charge < -0.3 is 5.32 Å². The molecule has 0 saturated carbocycles. The topological polar surface area (TPSA) is 114 Å². The first-order chi connectivity index (χ1) is 16.1. The fraction of sp³-hybridized carbons (Fsp3) is 0.182. The van der Waals surface area contributed by atoms with Gasteiger partial charge in [0, 0.05) is 25.2 Å². The largest absolute Gasteiger partial charge is 0.387 e. The minimum absolute atomic E-state index is 0.0178. The van der Waals surface area contributed by atoms with Gasteiger partial charge in [0.25, 0.3) is 5.91 Å². The molecule has 8 nitrogen and oxygen atoms in total. The number of carbonyl (C=O) groups excluding carboxylic acids is 3. The number of imide groups is 1. The molecule has 0 bridgehead atoms. The fourth-order valence-corrected chi connectivity index (χ4v) is 6.13. The highest BCUT2D eigenvalue weighted by molar-refractivity contribution is 7.94. The highest BCUT2D eigenvalue weighted by Gasteiger charge is 2.33. The normalized spacial score (nSPS) is 13.7. The van der Waals surface area contributed by atoms with Crippen LogP contribution >= 0.6 is 22.9 Å². The number of hydrogen-bond donors (Lipinski definition) is 1. The van der Waals surface area contributed by atoms with Gasteiger partial charge in [-0.1, -0.05) is 29.0 Å². The number of hydrogen-bond acceptors (Lipinski definition) is 8. The average Bonchev–Trinajstić information content (AvgIpc) is 3.22. The second kappa shape index (κ2) is 9.24. The van der Waals surface area contributed by atoms with Crippen LogP contribution in [0.5, 0.6) is 0 Å². The lowest BCUT2D eigenvalue weighted by molar-refractivity contribution is -0.118. The summed E-state index contributed by atoms with van der Waals surface area (Å²) in [7, 11) is -2.26. The molecule has 0 spiro atoms. The molecule has 3 aromatic rings. The summed E-state index contributed by atoms with van der Waals surface area (Å²) in [6, 6.07) is 8.21. The maximum Gasteiger partial charge on any atom is 0.266 e. The van der Waals surface area contributed by atoms with Crippen molar-refractivity contribution in [2.75, 3.05) is 23.0 Å². The number of amides is 2. The van der Waals surface area contributed by atoms with Gasteiger partial charge in [-0.15, -0.1) is 0 Å². The van der Waals surface area contributed by atoms with Crippen LogP contribution in [0, 0.1) is 5.13 Å². The van der Waals surface area contributed by atoms with Crippen LogP contribution < -0.4 is 10.2 Å². The number of ketones is 1. The molecule has 4 rings (SSSR count). The lowest BCUT2D eigenvalue weighted by Gasteiger charge is -2.26. The highest BCUT2D eigenvalue weighted by atomic mass is 35.5. The van der Waals surface area contributed by atoms with Crippen LogP contribution in [0.1, 0.15) is 21.5 Å². The molecular weight excluding hydrogens is 505 g/mol. The first-order valence-electron chi connectivity index (χ1n) is 9.91. The van der Waals surface area contributed by atoms with E-state index in [1.807, 2.05) is 0 Å². The molecule has 0 saturated heterocycles. The van der Waals surface area contributed by atoms with Crippen molar-refractivity contribution in [3.8, 4) is 0 Å². The lowest BCUT2D eigenvalue weighted by atomic mass is 9.97. The predicted octanol–water partition coefficient (Wildman–Crippen LogP) is 3.29. The number of thiophene rings is 1. The van der Waals surface area contributed by atoms with Crippen LogP contribution in [0.3, 0.4) is 0 Å². The van der Waals surface area contributed by atoms with E-state index in [-0.39, 0.29) is 22.9 Å². The molecule has 1 aliphatic heterocycles. The Hall–Kier alpha value is -3.15. The van der Waals surface area contributed by atoms with Gasteiger partial charge in [0.2, 0.25) is 5.91 Å². The summed E-state index contributed by atoms with van der Waals surface area (Å²) in [5.74, 6) is -2.33. The number of benzene rings is 1. The van der Waals surface area contributed by atoms with Crippen molar-refractivity contribution in [2.24, 2.45) is 0 Å². The number of aromatic nitrogens is 1. The number of rotatable bonds is 7. The summed E-state index contributed by atoms with van der Waals surface area (Å²) in [6.45, 7) is 0. The number of Topliss-reactive ketones (excluding diaryl/α,β-unsaturated/α-hetero) is 1. The van der Waals surface area contributed by atoms with Crippen molar-refractivity contribution in [1.82, 2.24) is 4.98 Å². The summed E-state index contributed by atoms with van der Waals surface area (Å²) in [4.78, 5) is 43.0. The lowest BCUT2D eigenvalue weighted by Crippen LogP contribution is -2.43. The summed E-state index contributed by atoms with van der Waals surface area (Å²) >= 11 is 6.64. The maximum atomic E-state index is 13.1. The number of halogens is 2. The fourth-order valence-electron chi connectivity index (χ4n) is 3.54. The molecule has 0 aliphatic carbocycles. The number of sulfone groups is 1. The molecule has 2 amide bonds. The van der Waals surface area contributed by atoms with E-state index >= 15 is 0 Å². The molecule has 0 radical (unpaired) electrons. The molecule has 2 aromatic heterocycles. The van der Waals surface area contributed by atoms with Gasteiger partial charge in [-0.25, -0.2) is 18.3 Å². The number of nitrogens with zero attached hydrogens (tertiary/aromatic N) is 2. The third-order valence-corrected chi connectivity index (χ3v) is 8.58. The van der Waals surface area contributed by atoms with Gasteiger partial charge in [-0.2, -0.15) is 4.39 Å². The Bertz CT molecular complexity index is 1420. The maximum absolute atomic E-state index is 13.1. The summed E-state index contributed by atoms with van der Waals surface area (Å²) in [5, 5.41) is 2.59. The zero-order valence-electron chi connectivity index (χ0n) is 17.7. The van der Waals surface area contributed by atoms with Gasteiger partial charge >= 0.3 is 0 Å². The summed E-state index contributed by atoms with van der Waals surface area (Å²) in [6.07, 6.45) is 1.06. The van der Waals surface area contributed by atoms with Crippen LogP contribution in [-0.2, 0) is 32.3 Å². The van der Waals surface area contributed by atoms with E-state index in [9.17, 15) is 27.2 Å². The molecule has 1 aliphatic rings. The van der Waals surface area contributed by atoms with E-state index in [2.05, 4.69) is 10.3 Å². The SMILES string of the molecule is CNc1cc2c(cc1Cl)C(=O)N(c1ccc(CC(=O)CS(=O)(=O)c3ccc(F)s3)cn1)C(=O)C2. The van der Waals surface area contributed by atoms with E-state index in [1.165, 1.54) is 24.4 Å². The van der Waals surface area contributed by atoms with E-state index < -0.39 is 38.3 Å². The smallest absolute Gasteiger partial charge is 0.266 e. The first-order valence-corrected chi connectivity index (χ1v) is 12.8. The molecule has 1 N–H and O–H groups in total. The Morgan fingerprint density at radius 3 is 2.62 bits per heavy atom. The summed E-state index contributed by atoms with van der Waals surface area (Å²) in [5.41, 5.74) is 1.85. The van der Waals surface area contributed by atoms with Gasteiger partial charge in [-0.3, -0.25) is 14.4 Å². The molecule has 0 unspecified atom stereocenters. The number of carbonyl (C=O) groups is 3. The van der Waals surface area contributed by atoms with Crippen molar-refractivity contribution in [1.29, 1.82) is 0 Å². The van der Waals surface area contributed by atoms with Gasteiger partial charge in [-0.05, 0) is 41.5 Å². The van der Waals surface area contributed by atoms with Crippen molar-refractivity contribution >= 4 is 61.9 Å². The second-order valence-corrected chi connectivity index (χ2v) is 11.2. The molecule has 3 heterocycles. The Kier molecular flexibility index (Phi) is 6.52. The molecule has 34 heavy (non-hydrogen) atoms. The van der Waals surface area contributed by atoms with E-state index in [0.717, 1.165) is 17.0 Å². The van der Waals surface area contributed by atoms with Crippen molar-refractivity contribution < 1.29 is 27.2 Å². The highest BCUT2D eigenvalue weighted by Crippen LogP contribution is 2.31.